The normalized spacial score (nSPS) is 15.0. The summed E-state index contributed by atoms with van der Waals surface area (Å²) in [6.07, 6.45) is 8.80. The molecule has 0 radical (unpaired) electrons. The Kier molecular flexibility index (Phi) is 13.1. The zero-order valence-corrected chi connectivity index (χ0v) is 35.6. The average molecular weight is 829 g/mol. The predicted octanol–water partition coefficient (Wildman–Crippen LogP) is 7.17. The standard InChI is InChI=1S/C46H56N10O5/c1-5-39-35(41(51-31-17-21-59-22-18-31)37-27-49-55(7-3)43(37)53-39)25-47-45(57)29-9-13-33(14-10-29)61-34-15-11-30(12-16-34)46(58)48-26-36-40(6-2)54-44-38(28-50-56(44)8-4)42(36)52-32-19-23-60-24-20-32/h9-16,27-28,31-32H,5-8,17-26H2,1-4H3,(H,47,57)(H,48,58)(H,51,53)(H,52,54). The van der Waals surface area contributed by atoms with E-state index in [1.807, 2.05) is 21.8 Å². The molecule has 2 aliphatic heterocycles. The van der Waals surface area contributed by atoms with E-state index in [-0.39, 0.29) is 23.9 Å². The Hall–Kier alpha value is -6.06. The Labute approximate surface area is 355 Å². The molecule has 0 saturated carbocycles. The van der Waals surface area contributed by atoms with Gasteiger partial charge in [0, 0.05) is 98.3 Å². The van der Waals surface area contributed by atoms with E-state index in [4.69, 9.17) is 24.2 Å². The van der Waals surface area contributed by atoms with Crippen LogP contribution in [0.4, 0.5) is 11.4 Å². The number of hydrogen-bond donors (Lipinski definition) is 4. The molecule has 2 aliphatic rings. The SMILES string of the molecule is CCc1nc2c(cnn2CC)c(NC2CCOCC2)c1CNC(=O)c1ccc(Oc2ccc(C(=O)NCc3c(CC)nc4c(cnn4CC)c3NC3CCOCC3)cc2)cc1. The number of nitrogens with one attached hydrogen (secondary N) is 4. The summed E-state index contributed by atoms with van der Waals surface area (Å²) in [4.78, 5) is 37.0. The van der Waals surface area contributed by atoms with Crippen LogP contribution in [0, 0.1) is 0 Å². The molecule has 8 rings (SSSR count). The quantitative estimate of drug-likeness (QED) is 0.0780. The summed E-state index contributed by atoms with van der Waals surface area (Å²) >= 11 is 0. The van der Waals surface area contributed by atoms with Gasteiger partial charge in [0.25, 0.3) is 11.8 Å². The zero-order valence-electron chi connectivity index (χ0n) is 35.6. The number of carbonyl (C=O) groups is 2. The lowest BCUT2D eigenvalue weighted by molar-refractivity contribution is 0.0903. The minimum absolute atomic E-state index is 0.199. The van der Waals surface area contributed by atoms with E-state index in [2.05, 4.69) is 59.2 Å². The second-order valence-corrected chi connectivity index (χ2v) is 15.5. The van der Waals surface area contributed by atoms with Crippen molar-refractivity contribution in [3.63, 3.8) is 0 Å². The van der Waals surface area contributed by atoms with Crippen molar-refractivity contribution in [1.29, 1.82) is 0 Å². The highest BCUT2D eigenvalue weighted by Crippen LogP contribution is 2.33. The Balaban J connectivity index is 0.907. The summed E-state index contributed by atoms with van der Waals surface area (Å²) in [5.74, 6) is 0.737. The molecule has 0 spiro atoms. The van der Waals surface area contributed by atoms with Crippen LogP contribution < -0.4 is 26.0 Å². The first-order valence-electron chi connectivity index (χ1n) is 21.7. The Morgan fingerprint density at radius 2 is 1.02 bits per heavy atom. The van der Waals surface area contributed by atoms with E-state index in [0.29, 0.717) is 48.6 Å². The summed E-state index contributed by atoms with van der Waals surface area (Å²) < 4.78 is 21.2. The third-order valence-corrected chi connectivity index (χ3v) is 11.7. The lowest BCUT2D eigenvalue weighted by Crippen LogP contribution is -2.30. The van der Waals surface area contributed by atoms with Crippen LogP contribution in [0.2, 0.25) is 0 Å². The minimum atomic E-state index is -0.199. The van der Waals surface area contributed by atoms with Crippen molar-refractivity contribution in [2.45, 2.75) is 104 Å². The highest BCUT2D eigenvalue weighted by molar-refractivity contribution is 5.96. The van der Waals surface area contributed by atoms with E-state index in [9.17, 15) is 9.59 Å². The van der Waals surface area contributed by atoms with Crippen LogP contribution in [0.3, 0.4) is 0 Å². The van der Waals surface area contributed by atoms with Gasteiger partial charge in [-0.15, -0.1) is 0 Å². The van der Waals surface area contributed by atoms with Gasteiger partial charge in [0.1, 0.15) is 11.5 Å². The molecule has 2 saturated heterocycles. The van der Waals surface area contributed by atoms with Crippen molar-refractivity contribution in [1.82, 2.24) is 40.2 Å². The molecule has 15 heteroatoms. The van der Waals surface area contributed by atoms with Crippen LogP contribution in [-0.4, -0.2) is 79.9 Å². The number of amides is 2. The number of aryl methyl sites for hydroxylation is 4. The van der Waals surface area contributed by atoms with Gasteiger partial charge in [-0.1, -0.05) is 13.8 Å². The van der Waals surface area contributed by atoms with Gasteiger partial charge in [-0.25, -0.2) is 19.3 Å². The summed E-state index contributed by atoms with van der Waals surface area (Å²) in [6, 6.07) is 14.6. The van der Waals surface area contributed by atoms with Crippen LogP contribution >= 0.6 is 0 Å². The molecule has 0 unspecified atom stereocenters. The van der Waals surface area contributed by atoms with Crippen molar-refractivity contribution >= 4 is 45.3 Å². The fraction of sp³-hybridized carbons (Fsp3) is 0.435. The smallest absolute Gasteiger partial charge is 0.251 e. The molecule has 0 bridgehead atoms. The van der Waals surface area contributed by atoms with Crippen LogP contribution in [-0.2, 0) is 48.5 Å². The van der Waals surface area contributed by atoms with Gasteiger partial charge in [0.15, 0.2) is 11.3 Å². The number of pyridine rings is 2. The van der Waals surface area contributed by atoms with Crippen molar-refractivity contribution in [3.05, 3.63) is 94.6 Å². The van der Waals surface area contributed by atoms with Gasteiger partial charge in [-0.3, -0.25) is 9.59 Å². The van der Waals surface area contributed by atoms with E-state index in [1.165, 1.54) is 0 Å². The molecule has 320 valence electrons. The molecule has 4 aromatic heterocycles. The van der Waals surface area contributed by atoms with Gasteiger partial charge in [-0.05, 0) is 101 Å². The number of benzene rings is 2. The number of fused-ring (bicyclic) bond motifs is 2. The van der Waals surface area contributed by atoms with E-state index in [0.717, 1.165) is 121 Å². The number of nitrogens with zero attached hydrogens (tertiary/aromatic N) is 6. The molecular weight excluding hydrogens is 773 g/mol. The predicted molar refractivity (Wildman–Crippen MR) is 235 cm³/mol. The first kappa shape index (κ1) is 41.7. The van der Waals surface area contributed by atoms with Crippen molar-refractivity contribution in [2.24, 2.45) is 0 Å². The van der Waals surface area contributed by atoms with Crippen molar-refractivity contribution in [3.8, 4) is 11.5 Å². The summed E-state index contributed by atoms with van der Waals surface area (Å²) in [5, 5.41) is 24.9. The summed E-state index contributed by atoms with van der Waals surface area (Å²) in [7, 11) is 0. The number of hydrogen-bond acceptors (Lipinski definition) is 11. The van der Waals surface area contributed by atoms with E-state index >= 15 is 0 Å². The lowest BCUT2D eigenvalue weighted by atomic mass is 10.0. The second-order valence-electron chi connectivity index (χ2n) is 15.5. The first-order valence-corrected chi connectivity index (χ1v) is 21.7. The maximum atomic E-state index is 13.5. The van der Waals surface area contributed by atoms with E-state index in [1.54, 1.807) is 48.5 Å². The van der Waals surface area contributed by atoms with Crippen LogP contribution in [0.25, 0.3) is 22.1 Å². The topological polar surface area (TPSA) is 171 Å². The number of anilines is 2. The third kappa shape index (κ3) is 9.17. The van der Waals surface area contributed by atoms with Gasteiger partial charge < -0.3 is 35.5 Å². The monoisotopic (exact) mass is 828 g/mol. The summed E-state index contributed by atoms with van der Waals surface area (Å²) in [6.45, 7) is 13.2. The first-order chi connectivity index (χ1) is 29.9. The van der Waals surface area contributed by atoms with Crippen LogP contribution in [0.1, 0.15) is 96.6 Å². The number of aromatic nitrogens is 6. The molecule has 6 heterocycles. The molecular formula is C46H56N10O5. The number of carbonyl (C=O) groups excluding carboxylic acids is 2. The Bertz CT molecular complexity index is 2300. The Morgan fingerprint density at radius 1 is 0.623 bits per heavy atom. The fourth-order valence-corrected chi connectivity index (χ4v) is 8.23. The molecule has 0 atom stereocenters. The van der Waals surface area contributed by atoms with Crippen LogP contribution in [0.5, 0.6) is 11.5 Å². The molecule has 2 amide bonds. The van der Waals surface area contributed by atoms with Crippen LogP contribution in [0.15, 0.2) is 60.9 Å². The molecule has 2 fully saturated rings. The van der Waals surface area contributed by atoms with Crippen molar-refractivity contribution < 1.29 is 23.8 Å². The van der Waals surface area contributed by atoms with Gasteiger partial charge >= 0.3 is 0 Å². The largest absolute Gasteiger partial charge is 0.457 e. The van der Waals surface area contributed by atoms with Gasteiger partial charge in [-0.2, -0.15) is 10.2 Å². The van der Waals surface area contributed by atoms with Crippen molar-refractivity contribution in [2.75, 3.05) is 37.1 Å². The Morgan fingerprint density at radius 3 is 1.38 bits per heavy atom. The van der Waals surface area contributed by atoms with Gasteiger partial charge in [0.2, 0.25) is 0 Å². The number of ether oxygens (including phenoxy) is 3. The zero-order chi connectivity index (χ0) is 42.3. The highest BCUT2D eigenvalue weighted by Gasteiger charge is 2.24. The molecule has 61 heavy (non-hydrogen) atoms. The second kappa shape index (κ2) is 19.1. The molecule has 15 nitrogen and oxygen atoms in total. The molecule has 4 N–H and O–H groups in total. The number of rotatable bonds is 16. The highest BCUT2D eigenvalue weighted by atomic mass is 16.5. The maximum Gasteiger partial charge on any atom is 0.251 e. The summed E-state index contributed by atoms with van der Waals surface area (Å²) in [5.41, 5.74) is 8.47. The molecule has 2 aromatic carbocycles. The van der Waals surface area contributed by atoms with Gasteiger partial charge in [0.05, 0.1) is 34.5 Å². The fourth-order valence-electron chi connectivity index (χ4n) is 8.23. The van der Waals surface area contributed by atoms with E-state index < -0.39 is 0 Å². The maximum absolute atomic E-state index is 13.5. The molecule has 6 aromatic rings. The third-order valence-electron chi connectivity index (χ3n) is 11.7. The minimum Gasteiger partial charge on any atom is -0.457 e. The lowest BCUT2D eigenvalue weighted by Gasteiger charge is -2.26. The average Bonchev–Trinajstić information content (AvgIpc) is 3.92. The molecule has 0 aliphatic carbocycles.